The molecule has 0 radical (unpaired) electrons. The van der Waals surface area contributed by atoms with Gasteiger partial charge in [-0.1, -0.05) is 57.9 Å². The highest BCUT2D eigenvalue weighted by molar-refractivity contribution is 9.09. The number of nitrogens with zero attached hydrogens (tertiary/aromatic N) is 1. The Labute approximate surface area is 214 Å². The van der Waals surface area contributed by atoms with E-state index in [1.54, 1.807) is 48.2 Å². The van der Waals surface area contributed by atoms with Gasteiger partial charge in [0, 0.05) is 22.3 Å². The second-order valence-corrected chi connectivity index (χ2v) is 11.9. The fourth-order valence-corrected chi connectivity index (χ4v) is 9.39. The van der Waals surface area contributed by atoms with E-state index in [0.717, 1.165) is 0 Å². The lowest BCUT2D eigenvalue weighted by Gasteiger charge is -2.35. The number of nitrogens with one attached hydrogen (secondary N) is 2. The summed E-state index contributed by atoms with van der Waals surface area (Å²) in [6, 6.07) is 15.2. The summed E-state index contributed by atoms with van der Waals surface area (Å²) in [5.74, 6) is -2.13. The number of hydrogen-bond donors (Lipinski definition) is 3. The molecule has 0 saturated carbocycles. The average molecular weight is 565 g/mol. The van der Waals surface area contributed by atoms with Gasteiger partial charge in [0.2, 0.25) is 17.7 Å². The molecular formula is C24H23BrClN3O4S. The first-order valence-electron chi connectivity index (χ1n) is 11.0. The van der Waals surface area contributed by atoms with Gasteiger partial charge in [-0.2, -0.15) is 0 Å². The van der Waals surface area contributed by atoms with Crippen LogP contribution in [-0.2, 0) is 14.4 Å². The molecule has 3 heterocycles. The molecule has 0 aromatic heterocycles. The largest absolute Gasteiger partial charge is 0.395 e. The molecule has 3 N–H and O–H groups in total. The Balaban J connectivity index is 1.49. The number of rotatable bonds is 6. The highest BCUT2D eigenvalue weighted by atomic mass is 79.9. The number of alkyl halides is 1. The maximum atomic E-state index is 13.7. The number of hydrogen-bond acceptors (Lipinski definition) is 5. The molecule has 3 saturated heterocycles. The number of aliphatic hydroxyl groups is 1. The molecule has 2 aromatic carbocycles. The van der Waals surface area contributed by atoms with Gasteiger partial charge in [0.25, 0.3) is 0 Å². The summed E-state index contributed by atoms with van der Waals surface area (Å²) in [6.07, 6.45) is 0.566. The van der Waals surface area contributed by atoms with Crippen LogP contribution in [0.3, 0.4) is 0 Å². The molecule has 2 aromatic rings. The predicted octanol–water partition coefficient (Wildman–Crippen LogP) is 3.37. The van der Waals surface area contributed by atoms with Gasteiger partial charge in [-0.25, -0.2) is 0 Å². The molecule has 5 rings (SSSR count). The van der Waals surface area contributed by atoms with Crippen LogP contribution >= 0.6 is 39.3 Å². The standard InChI is InChI=1S/C24H23BrClN3O4S/c25-14-12-24-18(17(19(14)34-24)21(31)27-13-6-2-1-3-7-13)23(33)29(10-11-30)20(24)22(32)28-16-9-5-4-8-15(16)26/h1-9,14,17-20,30H,10-12H2,(H,27,31)(H,28,32)/t14?,17-,18+,19-,20?,24?/m1/s1. The topological polar surface area (TPSA) is 98.7 Å². The van der Waals surface area contributed by atoms with Crippen LogP contribution in [0.15, 0.2) is 54.6 Å². The Morgan fingerprint density at radius 2 is 1.82 bits per heavy atom. The minimum absolute atomic E-state index is 0.0168. The summed E-state index contributed by atoms with van der Waals surface area (Å²) >= 11 is 11.5. The summed E-state index contributed by atoms with van der Waals surface area (Å²) in [5.41, 5.74) is 1.11. The summed E-state index contributed by atoms with van der Waals surface area (Å²) in [4.78, 5) is 42.1. The fourth-order valence-electron chi connectivity index (χ4n) is 5.59. The maximum absolute atomic E-state index is 13.7. The van der Waals surface area contributed by atoms with E-state index in [1.807, 2.05) is 18.2 Å². The third-order valence-corrected chi connectivity index (χ3v) is 10.4. The Morgan fingerprint density at radius 3 is 2.53 bits per heavy atom. The quantitative estimate of drug-likeness (QED) is 0.468. The van der Waals surface area contributed by atoms with Crippen molar-refractivity contribution in [3.05, 3.63) is 59.6 Å². The van der Waals surface area contributed by atoms with E-state index in [9.17, 15) is 19.5 Å². The van der Waals surface area contributed by atoms with E-state index in [2.05, 4.69) is 26.6 Å². The van der Waals surface area contributed by atoms with Crippen LogP contribution in [-0.4, -0.2) is 61.7 Å². The molecule has 0 aliphatic carbocycles. The lowest BCUT2D eigenvalue weighted by Crippen LogP contribution is -2.53. The lowest BCUT2D eigenvalue weighted by molar-refractivity contribution is -0.138. The van der Waals surface area contributed by atoms with Crippen LogP contribution in [0.2, 0.25) is 5.02 Å². The summed E-state index contributed by atoms with van der Waals surface area (Å²) in [5, 5.41) is 15.8. The highest BCUT2D eigenvalue weighted by Gasteiger charge is 2.75. The molecule has 3 amide bonds. The third kappa shape index (κ3) is 3.73. The van der Waals surface area contributed by atoms with Crippen molar-refractivity contribution >= 4 is 68.4 Å². The van der Waals surface area contributed by atoms with Crippen molar-refractivity contribution in [2.75, 3.05) is 23.8 Å². The van der Waals surface area contributed by atoms with Crippen LogP contribution in [0.4, 0.5) is 11.4 Å². The van der Waals surface area contributed by atoms with Gasteiger partial charge in [0.15, 0.2) is 0 Å². The molecule has 3 aliphatic heterocycles. The van der Waals surface area contributed by atoms with Crippen molar-refractivity contribution in [2.24, 2.45) is 11.8 Å². The number of carbonyl (C=O) groups excluding carboxylic acids is 3. The molecule has 7 nitrogen and oxygen atoms in total. The van der Waals surface area contributed by atoms with Gasteiger partial charge in [0.1, 0.15) is 6.04 Å². The second-order valence-electron chi connectivity index (χ2n) is 8.74. The third-order valence-electron chi connectivity index (χ3n) is 6.85. The summed E-state index contributed by atoms with van der Waals surface area (Å²) in [7, 11) is 0. The Bertz CT molecular complexity index is 1140. The van der Waals surface area contributed by atoms with E-state index in [-0.39, 0.29) is 41.0 Å². The van der Waals surface area contributed by atoms with Crippen molar-refractivity contribution < 1.29 is 19.5 Å². The highest BCUT2D eigenvalue weighted by Crippen LogP contribution is 2.67. The van der Waals surface area contributed by atoms with Gasteiger partial charge < -0.3 is 20.6 Å². The van der Waals surface area contributed by atoms with Crippen LogP contribution in [0.25, 0.3) is 0 Å². The molecule has 1 spiro atoms. The monoisotopic (exact) mass is 563 g/mol. The second kappa shape index (κ2) is 9.18. The maximum Gasteiger partial charge on any atom is 0.248 e. The predicted molar refractivity (Wildman–Crippen MR) is 136 cm³/mol. The number of likely N-dealkylation sites (tertiary alicyclic amines) is 1. The van der Waals surface area contributed by atoms with Crippen molar-refractivity contribution in [2.45, 2.75) is 27.3 Å². The molecule has 3 fully saturated rings. The van der Waals surface area contributed by atoms with Crippen LogP contribution in [0, 0.1) is 11.8 Å². The number of aliphatic hydroxyl groups excluding tert-OH is 1. The molecule has 34 heavy (non-hydrogen) atoms. The first-order chi connectivity index (χ1) is 16.4. The number of carbonyl (C=O) groups is 3. The summed E-state index contributed by atoms with van der Waals surface area (Å²) < 4.78 is -0.783. The number of fused-ring (bicyclic) bond motifs is 1. The van der Waals surface area contributed by atoms with Crippen LogP contribution in [0.1, 0.15) is 6.42 Å². The molecule has 3 aliphatic rings. The average Bonchev–Trinajstić information content (AvgIpc) is 3.40. The summed E-state index contributed by atoms with van der Waals surface area (Å²) in [6.45, 7) is -0.264. The molecule has 178 valence electrons. The van der Waals surface area contributed by atoms with Crippen molar-refractivity contribution in [1.82, 2.24) is 4.90 Å². The smallest absolute Gasteiger partial charge is 0.248 e. The van der Waals surface area contributed by atoms with E-state index in [0.29, 0.717) is 22.8 Å². The van der Waals surface area contributed by atoms with Gasteiger partial charge in [-0.15, -0.1) is 11.8 Å². The van der Waals surface area contributed by atoms with Gasteiger partial charge in [0.05, 0.1) is 33.9 Å². The molecule has 10 heteroatoms. The Morgan fingerprint density at radius 1 is 1.12 bits per heavy atom. The molecular weight excluding hydrogens is 542 g/mol. The zero-order valence-electron chi connectivity index (χ0n) is 18.0. The normalized spacial score (nSPS) is 31.4. The fraction of sp³-hybridized carbons (Fsp3) is 0.375. The Kier molecular flexibility index (Phi) is 6.39. The molecule has 6 atom stereocenters. The number of benzene rings is 2. The van der Waals surface area contributed by atoms with E-state index >= 15 is 0 Å². The first-order valence-corrected chi connectivity index (χ1v) is 13.2. The van der Waals surface area contributed by atoms with Gasteiger partial charge in [-0.3, -0.25) is 14.4 Å². The van der Waals surface area contributed by atoms with E-state index < -0.39 is 22.6 Å². The van der Waals surface area contributed by atoms with E-state index in [4.69, 9.17) is 11.6 Å². The van der Waals surface area contributed by atoms with Crippen molar-refractivity contribution in [3.8, 4) is 0 Å². The van der Waals surface area contributed by atoms with Crippen molar-refractivity contribution in [1.29, 1.82) is 0 Å². The number of amides is 3. The Hall–Kier alpha value is -2.07. The van der Waals surface area contributed by atoms with Gasteiger partial charge >= 0.3 is 0 Å². The number of halogens is 2. The van der Waals surface area contributed by atoms with Gasteiger partial charge in [-0.05, 0) is 30.7 Å². The molecule has 3 unspecified atom stereocenters. The zero-order chi connectivity index (χ0) is 24.0. The zero-order valence-corrected chi connectivity index (χ0v) is 21.1. The SMILES string of the molecule is O=C(Nc1ccccc1Cl)C1N(CCO)C(=O)[C@@H]2[C@@H](C(=O)Nc3ccccc3)[C@@H]3SC12CC3Br. The molecule has 2 bridgehead atoms. The minimum atomic E-state index is -0.835. The van der Waals surface area contributed by atoms with Crippen molar-refractivity contribution in [3.63, 3.8) is 0 Å². The van der Waals surface area contributed by atoms with Crippen LogP contribution < -0.4 is 10.6 Å². The number of thioether (sulfide) groups is 1. The number of para-hydroxylation sites is 2. The number of β-amino-alcohol motifs (C(OH)–C–C–N with tert-alkyl or cyclic N) is 1. The lowest BCUT2D eigenvalue weighted by atomic mass is 9.70. The van der Waals surface area contributed by atoms with Crippen LogP contribution in [0.5, 0.6) is 0 Å². The number of anilines is 2. The minimum Gasteiger partial charge on any atom is -0.395 e. The first kappa shape index (κ1) is 23.7. The van der Waals surface area contributed by atoms with E-state index in [1.165, 1.54) is 4.90 Å².